The summed E-state index contributed by atoms with van der Waals surface area (Å²) in [5.41, 5.74) is 3.07. The lowest BCUT2D eigenvalue weighted by molar-refractivity contribution is 0.102. The number of hydrogen-bond acceptors (Lipinski definition) is 4. The summed E-state index contributed by atoms with van der Waals surface area (Å²) >= 11 is 4.73. The Kier molecular flexibility index (Phi) is 4.29. The number of nitrogens with one attached hydrogen (secondary N) is 1. The molecule has 0 atom stereocenters. The van der Waals surface area contributed by atoms with Crippen LogP contribution >= 0.6 is 27.3 Å². The Morgan fingerprint density at radius 3 is 2.73 bits per heavy atom. The van der Waals surface area contributed by atoms with Gasteiger partial charge in [-0.1, -0.05) is 28.1 Å². The number of rotatable bonds is 3. The van der Waals surface area contributed by atoms with Crippen LogP contribution in [0.15, 0.2) is 52.4 Å². The lowest BCUT2D eigenvalue weighted by Gasteiger charge is -2.03. The zero-order valence-corrected chi connectivity index (χ0v) is 15.9. The summed E-state index contributed by atoms with van der Waals surface area (Å²) in [6, 6.07) is 10.6. The molecule has 0 fully saturated rings. The summed E-state index contributed by atoms with van der Waals surface area (Å²) in [5, 5.41) is 5.12. The minimum Gasteiger partial charge on any atom is -0.296 e. The highest BCUT2D eigenvalue weighted by Crippen LogP contribution is 2.26. The van der Waals surface area contributed by atoms with E-state index in [4.69, 9.17) is 0 Å². The Balaban J connectivity index is 1.62. The molecule has 0 aliphatic carbocycles. The van der Waals surface area contributed by atoms with E-state index >= 15 is 0 Å². The van der Waals surface area contributed by atoms with Gasteiger partial charge in [0.05, 0.1) is 11.4 Å². The Hall–Kier alpha value is -2.58. The van der Waals surface area contributed by atoms with Gasteiger partial charge in [0, 0.05) is 21.6 Å². The van der Waals surface area contributed by atoms with Gasteiger partial charge in [0.25, 0.3) is 5.91 Å². The van der Waals surface area contributed by atoms with E-state index < -0.39 is 5.82 Å². The average molecular weight is 431 g/mol. The van der Waals surface area contributed by atoms with E-state index in [9.17, 15) is 9.18 Å². The molecule has 26 heavy (non-hydrogen) atoms. The highest BCUT2D eigenvalue weighted by atomic mass is 79.9. The molecule has 0 saturated heterocycles. The molecule has 0 unspecified atom stereocenters. The minimum atomic E-state index is -0.435. The molecular weight excluding hydrogens is 419 g/mol. The highest BCUT2D eigenvalue weighted by molar-refractivity contribution is 9.10. The van der Waals surface area contributed by atoms with E-state index in [1.807, 2.05) is 29.6 Å². The van der Waals surface area contributed by atoms with Crippen LogP contribution in [0.2, 0.25) is 0 Å². The number of halogens is 2. The normalized spacial score (nSPS) is 11.0. The van der Waals surface area contributed by atoms with Crippen LogP contribution in [0.25, 0.3) is 16.9 Å². The quantitative estimate of drug-likeness (QED) is 0.501. The lowest BCUT2D eigenvalue weighted by atomic mass is 10.2. The number of hydrogen-bond donors (Lipinski definition) is 1. The van der Waals surface area contributed by atoms with Crippen molar-refractivity contribution in [1.29, 1.82) is 0 Å². The van der Waals surface area contributed by atoms with Crippen molar-refractivity contribution in [2.24, 2.45) is 0 Å². The molecule has 1 aromatic carbocycles. The molecule has 130 valence electrons. The predicted molar refractivity (Wildman–Crippen MR) is 103 cm³/mol. The number of amides is 1. The number of fused-ring (bicyclic) bond motifs is 1. The van der Waals surface area contributed by atoms with E-state index in [2.05, 4.69) is 31.2 Å². The number of imidazole rings is 1. The first kappa shape index (κ1) is 16.9. The maximum absolute atomic E-state index is 13.5. The second-order valence-electron chi connectivity index (χ2n) is 5.62. The molecule has 0 aliphatic heterocycles. The van der Waals surface area contributed by atoms with E-state index in [1.54, 1.807) is 6.92 Å². The maximum atomic E-state index is 13.5. The molecule has 0 aliphatic rings. The van der Waals surface area contributed by atoms with Gasteiger partial charge in [-0.3, -0.25) is 14.5 Å². The number of pyridine rings is 1. The fraction of sp³-hybridized carbons (Fsp3) is 0.0556. The molecule has 3 aromatic heterocycles. The number of aromatic nitrogens is 3. The van der Waals surface area contributed by atoms with E-state index in [0.717, 1.165) is 15.7 Å². The number of nitrogens with zero attached hydrogens (tertiary/aromatic N) is 3. The summed E-state index contributed by atoms with van der Waals surface area (Å²) in [5.74, 6) is -0.812. The van der Waals surface area contributed by atoms with Crippen molar-refractivity contribution < 1.29 is 9.18 Å². The van der Waals surface area contributed by atoms with Crippen molar-refractivity contribution >= 4 is 44.0 Å². The summed E-state index contributed by atoms with van der Waals surface area (Å²) in [6.07, 6.45) is 1.25. The molecule has 1 amide bonds. The molecule has 0 bridgehead atoms. The Morgan fingerprint density at radius 2 is 1.96 bits per heavy atom. The summed E-state index contributed by atoms with van der Waals surface area (Å²) in [6.45, 7) is 1.72. The van der Waals surface area contributed by atoms with Gasteiger partial charge in [-0.05, 0) is 31.2 Å². The second kappa shape index (κ2) is 6.62. The smallest absolute Gasteiger partial charge is 0.276 e. The maximum Gasteiger partial charge on any atom is 0.276 e. The van der Waals surface area contributed by atoms with E-state index in [0.29, 0.717) is 22.2 Å². The minimum absolute atomic E-state index is 0.292. The van der Waals surface area contributed by atoms with Crippen LogP contribution in [-0.4, -0.2) is 20.3 Å². The van der Waals surface area contributed by atoms with Crippen LogP contribution < -0.4 is 5.32 Å². The SMILES string of the molecule is Cc1nc2ccc(F)cn2c1C(=O)Nc1nc(-c2ccc(Br)cc2)cs1. The van der Waals surface area contributed by atoms with Gasteiger partial charge in [0.15, 0.2) is 5.13 Å². The van der Waals surface area contributed by atoms with Crippen molar-refractivity contribution in [2.75, 3.05) is 5.32 Å². The first-order chi connectivity index (χ1) is 12.5. The van der Waals surface area contributed by atoms with Gasteiger partial charge in [-0.2, -0.15) is 0 Å². The zero-order valence-electron chi connectivity index (χ0n) is 13.5. The van der Waals surface area contributed by atoms with Gasteiger partial charge in [0.2, 0.25) is 0 Å². The van der Waals surface area contributed by atoms with Crippen molar-refractivity contribution in [1.82, 2.24) is 14.4 Å². The molecule has 8 heteroatoms. The summed E-state index contributed by atoms with van der Waals surface area (Å²) in [4.78, 5) is 21.4. The number of thiazole rings is 1. The first-order valence-electron chi connectivity index (χ1n) is 7.68. The molecule has 4 aromatic rings. The predicted octanol–water partition coefficient (Wildman–Crippen LogP) is 4.92. The Morgan fingerprint density at radius 1 is 1.19 bits per heavy atom. The Bertz CT molecular complexity index is 1120. The fourth-order valence-corrected chi connectivity index (χ4v) is 3.63. The molecule has 0 spiro atoms. The molecule has 1 N–H and O–H groups in total. The molecule has 4 rings (SSSR count). The van der Waals surface area contributed by atoms with Crippen LogP contribution in [-0.2, 0) is 0 Å². The topological polar surface area (TPSA) is 59.3 Å². The third-order valence-electron chi connectivity index (χ3n) is 3.84. The van der Waals surface area contributed by atoms with Crippen LogP contribution in [0.3, 0.4) is 0 Å². The van der Waals surface area contributed by atoms with Gasteiger partial charge in [-0.25, -0.2) is 14.4 Å². The number of carbonyl (C=O) groups excluding carboxylic acids is 1. The molecule has 5 nitrogen and oxygen atoms in total. The molecular formula is C18H12BrFN4OS. The van der Waals surface area contributed by atoms with Gasteiger partial charge >= 0.3 is 0 Å². The number of benzene rings is 1. The third kappa shape index (κ3) is 3.13. The lowest BCUT2D eigenvalue weighted by Crippen LogP contribution is -2.15. The van der Waals surface area contributed by atoms with Crippen molar-refractivity contribution in [3.05, 3.63) is 69.7 Å². The standard InChI is InChI=1S/C18H12BrFN4OS/c1-10-16(24-8-13(20)6-7-15(24)21-10)17(25)23-18-22-14(9-26-18)11-2-4-12(19)5-3-11/h2-9H,1H3,(H,22,23,25). The van der Waals surface area contributed by atoms with Gasteiger partial charge in [0.1, 0.15) is 17.2 Å². The van der Waals surface area contributed by atoms with Crippen molar-refractivity contribution in [3.63, 3.8) is 0 Å². The molecule has 0 saturated carbocycles. The second-order valence-corrected chi connectivity index (χ2v) is 7.39. The van der Waals surface area contributed by atoms with E-state index in [1.165, 1.54) is 34.1 Å². The van der Waals surface area contributed by atoms with Crippen molar-refractivity contribution in [3.8, 4) is 11.3 Å². The zero-order chi connectivity index (χ0) is 18.3. The van der Waals surface area contributed by atoms with Crippen LogP contribution in [0.5, 0.6) is 0 Å². The number of aryl methyl sites for hydroxylation is 1. The number of carbonyl (C=O) groups is 1. The largest absolute Gasteiger partial charge is 0.296 e. The third-order valence-corrected chi connectivity index (χ3v) is 5.12. The molecule has 3 heterocycles. The highest BCUT2D eigenvalue weighted by Gasteiger charge is 2.18. The van der Waals surface area contributed by atoms with Crippen LogP contribution in [0.4, 0.5) is 9.52 Å². The van der Waals surface area contributed by atoms with Gasteiger partial charge < -0.3 is 0 Å². The number of anilines is 1. The van der Waals surface area contributed by atoms with Crippen LogP contribution in [0.1, 0.15) is 16.2 Å². The summed E-state index contributed by atoms with van der Waals surface area (Å²) in [7, 11) is 0. The first-order valence-corrected chi connectivity index (χ1v) is 9.35. The average Bonchev–Trinajstić information content (AvgIpc) is 3.19. The van der Waals surface area contributed by atoms with Crippen molar-refractivity contribution in [2.45, 2.75) is 6.92 Å². The van der Waals surface area contributed by atoms with E-state index in [-0.39, 0.29) is 5.91 Å². The van der Waals surface area contributed by atoms with Gasteiger partial charge in [-0.15, -0.1) is 11.3 Å². The summed E-state index contributed by atoms with van der Waals surface area (Å²) < 4.78 is 16.0. The molecule has 0 radical (unpaired) electrons. The Labute approximate surface area is 160 Å². The monoisotopic (exact) mass is 430 g/mol. The fourth-order valence-electron chi connectivity index (χ4n) is 2.65. The van der Waals surface area contributed by atoms with Crippen LogP contribution in [0, 0.1) is 12.7 Å².